The van der Waals surface area contributed by atoms with Gasteiger partial charge in [-0.3, -0.25) is 0 Å². The first kappa shape index (κ1) is 30.6. The van der Waals surface area contributed by atoms with Crippen LogP contribution in [-0.4, -0.2) is 8.07 Å². The third-order valence-electron chi connectivity index (χ3n) is 10.2. The van der Waals surface area contributed by atoms with Crippen molar-refractivity contribution < 1.29 is 0 Å². The van der Waals surface area contributed by atoms with E-state index in [9.17, 15) is 0 Å². The van der Waals surface area contributed by atoms with Crippen LogP contribution in [0.3, 0.4) is 0 Å². The molecule has 2 heteroatoms. The molecule has 0 saturated carbocycles. The summed E-state index contributed by atoms with van der Waals surface area (Å²) in [7, 11) is -2.49. The van der Waals surface area contributed by atoms with E-state index < -0.39 is 8.07 Å². The summed E-state index contributed by atoms with van der Waals surface area (Å²) in [5, 5.41) is 4.12. The van der Waals surface area contributed by atoms with Crippen molar-refractivity contribution in [3.63, 3.8) is 0 Å². The van der Waals surface area contributed by atoms with Gasteiger partial charge in [-0.1, -0.05) is 177 Å². The molecule has 0 aromatic heterocycles. The topological polar surface area (TPSA) is 3.24 Å². The van der Waals surface area contributed by atoms with Gasteiger partial charge in [0.1, 0.15) is 0 Å². The Kier molecular flexibility index (Phi) is 7.95. The Morgan fingerprint density at radius 2 is 0.878 bits per heavy atom. The molecule has 0 unspecified atom stereocenters. The number of benzene rings is 7. The maximum Gasteiger partial charge on any atom is 0.172 e. The zero-order chi connectivity index (χ0) is 33.3. The second kappa shape index (κ2) is 12.7. The lowest BCUT2D eigenvalue weighted by Gasteiger charge is -2.31. The van der Waals surface area contributed by atoms with Gasteiger partial charge in [-0.05, 0) is 79.8 Å². The van der Waals surface area contributed by atoms with E-state index in [0.29, 0.717) is 0 Å². The van der Waals surface area contributed by atoms with Crippen LogP contribution in [0.1, 0.15) is 30.5 Å². The third kappa shape index (κ3) is 5.45. The van der Waals surface area contributed by atoms with Gasteiger partial charge >= 0.3 is 0 Å². The quantitative estimate of drug-likeness (QED) is 0.117. The molecule has 0 N–H and O–H groups in total. The predicted molar refractivity (Wildman–Crippen MR) is 212 cm³/mol. The Bertz CT molecular complexity index is 2130. The predicted octanol–water partition coefficient (Wildman–Crippen LogP) is 10.2. The highest BCUT2D eigenvalue weighted by molar-refractivity contribution is 7.15. The van der Waals surface area contributed by atoms with E-state index in [4.69, 9.17) is 0 Å². The second-order valence-corrected chi connectivity index (χ2v) is 17.1. The summed E-state index contributed by atoms with van der Waals surface area (Å²) < 4.78 is 0. The van der Waals surface area contributed by atoms with E-state index in [1.165, 1.54) is 43.4 Å². The molecule has 1 aliphatic carbocycles. The summed E-state index contributed by atoms with van der Waals surface area (Å²) in [4.78, 5) is 2.38. The highest BCUT2D eigenvalue weighted by atomic mass is 28.3. The maximum atomic E-state index is 2.51. The standard InChI is InChI=1S/C47H39NSi/c1-47(2)45-26-16-15-25-43(45)44-32-31-39(35-46(44)47)48(37-17-7-3-8-18-37)38-29-27-36(28-30-38)33-34-49(40-19-9-4-10-20-40,41-21-11-5-12-22-41)42-23-13-6-14-24-42/h3-35H,1-2H3/b34-33+. The first-order chi connectivity index (χ1) is 24.1. The Morgan fingerprint density at radius 1 is 0.429 bits per heavy atom. The normalized spacial score (nSPS) is 13.2. The first-order valence-corrected chi connectivity index (χ1v) is 19.2. The van der Waals surface area contributed by atoms with Gasteiger partial charge in [-0.15, -0.1) is 0 Å². The first-order valence-electron chi connectivity index (χ1n) is 17.1. The molecular formula is C47H39NSi. The molecule has 236 valence electrons. The van der Waals surface area contributed by atoms with Gasteiger partial charge in [0.2, 0.25) is 0 Å². The molecule has 0 saturated heterocycles. The molecule has 0 atom stereocenters. The van der Waals surface area contributed by atoms with Crippen molar-refractivity contribution in [2.24, 2.45) is 0 Å². The molecular weight excluding hydrogens is 607 g/mol. The average Bonchev–Trinajstić information content (AvgIpc) is 3.40. The van der Waals surface area contributed by atoms with Gasteiger partial charge in [0, 0.05) is 22.5 Å². The van der Waals surface area contributed by atoms with E-state index in [0.717, 1.165) is 17.1 Å². The van der Waals surface area contributed by atoms with Crippen LogP contribution in [0.5, 0.6) is 0 Å². The molecule has 0 amide bonds. The van der Waals surface area contributed by atoms with Gasteiger partial charge in [0.25, 0.3) is 0 Å². The van der Waals surface area contributed by atoms with Crippen LogP contribution < -0.4 is 20.5 Å². The van der Waals surface area contributed by atoms with Gasteiger partial charge in [-0.25, -0.2) is 0 Å². The fraction of sp³-hybridized carbons (Fsp3) is 0.0638. The Labute approximate surface area is 291 Å². The van der Waals surface area contributed by atoms with Gasteiger partial charge in [0.15, 0.2) is 8.07 Å². The van der Waals surface area contributed by atoms with E-state index in [2.05, 4.69) is 219 Å². The monoisotopic (exact) mass is 645 g/mol. The van der Waals surface area contributed by atoms with Crippen molar-refractivity contribution in [1.29, 1.82) is 0 Å². The molecule has 1 aliphatic rings. The zero-order valence-corrected chi connectivity index (χ0v) is 29.0. The van der Waals surface area contributed by atoms with Gasteiger partial charge in [0.05, 0.1) is 0 Å². The average molecular weight is 646 g/mol. The number of rotatable bonds is 8. The molecule has 0 radical (unpaired) electrons. The van der Waals surface area contributed by atoms with Crippen molar-refractivity contribution in [1.82, 2.24) is 0 Å². The summed E-state index contributed by atoms with van der Waals surface area (Å²) in [6.45, 7) is 4.69. The summed E-state index contributed by atoms with van der Waals surface area (Å²) in [6.07, 6.45) is 2.34. The molecule has 0 aliphatic heterocycles. The minimum absolute atomic E-state index is 0.0639. The Balaban J connectivity index is 1.20. The molecule has 0 heterocycles. The van der Waals surface area contributed by atoms with Crippen LogP contribution in [0, 0.1) is 0 Å². The molecule has 8 rings (SSSR count). The van der Waals surface area contributed by atoms with Crippen LogP contribution in [0.25, 0.3) is 17.2 Å². The molecule has 0 spiro atoms. The number of anilines is 3. The largest absolute Gasteiger partial charge is 0.310 e. The van der Waals surface area contributed by atoms with Crippen molar-refractivity contribution >= 4 is 46.8 Å². The van der Waals surface area contributed by atoms with Gasteiger partial charge < -0.3 is 4.90 Å². The second-order valence-electron chi connectivity index (χ2n) is 13.4. The van der Waals surface area contributed by atoms with Crippen molar-refractivity contribution in [3.8, 4) is 11.1 Å². The Morgan fingerprint density at radius 3 is 1.45 bits per heavy atom. The fourth-order valence-electron chi connectivity index (χ4n) is 7.70. The van der Waals surface area contributed by atoms with E-state index in [1.54, 1.807) is 0 Å². The van der Waals surface area contributed by atoms with Crippen LogP contribution in [-0.2, 0) is 5.41 Å². The lowest BCUT2D eigenvalue weighted by Crippen LogP contribution is -2.66. The lowest BCUT2D eigenvalue weighted by atomic mass is 9.82. The molecule has 1 nitrogen and oxygen atoms in total. The van der Waals surface area contributed by atoms with E-state index in [1.807, 2.05) is 0 Å². The molecule has 7 aromatic carbocycles. The molecule has 7 aromatic rings. The molecule has 49 heavy (non-hydrogen) atoms. The summed E-state index contributed by atoms with van der Waals surface area (Å²) in [5.74, 6) is 0. The summed E-state index contributed by atoms with van der Waals surface area (Å²) in [5.41, 5.74) is 12.5. The molecule has 0 bridgehead atoms. The SMILES string of the molecule is CC1(C)c2ccccc2-c2ccc(N(c3ccccc3)c3ccc(/C=C/[Si](c4ccccc4)(c4ccccc4)c4ccccc4)cc3)cc21. The Hall–Kier alpha value is -5.70. The summed E-state index contributed by atoms with van der Waals surface area (Å²) in [6, 6.07) is 68.7. The fourth-order valence-corrected chi connectivity index (χ4v) is 11.9. The van der Waals surface area contributed by atoms with Crippen LogP contribution in [0.15, 0.2) is 194 Å². The van der Waals surface area contributed by atoms with Crippen LogP contribution in [0.4, 0.5) is 17.1 Å². The number of nitrogens with zero attached hydrogens (tertiary/aromatic N) is 1. The maximum absolute atomic E-state index is 2.51. The van der Waals surface area contributed by atoms with Crippen molar-refractivity contribution in [2.75, 3.05) is 4.90 Å². The number of fused-ring (bicyclic) bond motifs is 3. The van der Waals surface area contributed by atoms with Crippen LogP contribution in [0.2, 0.25) is 0 Å². The summed E-state index contributed by atoms with van der Waals surface area (Å²) >= 11 is 0. The van der Waals surface area contributed by atoms with Crippen molar-refractivity contribution in [2.45, 2.75) is 19.3 Å². The zero-order valence-electron chi connectivity index (χ0n) is 28.0. The van der Waals surface area contributed by atoms with Crippen LogP contribution >= 0.6 is 0 Å². The van der Waals surface area contributed by atoms with E-state index >= 15 is 0 Å². The minimum Gasteiger partial charge on any atom is -0.310 e. The number of para-hydroxylation sites is 1. The van der Waals surface area contributed by atoms with Crippen molar-refractivity contribution in [3.05, 3.63) is 210 Å². The number of hydrogen-bond donors (Lipinski definition) is 0. The highest BCUT2D eigenvalue weighted by Crippen LogP contribution is 2.50. The smallest absolute Gasteiger partial charge is 0.172 e. The third-order valence-corrected chi connectivity index (χ3v) is 14.6. The highest BCUT2D eigenvalue weighted by Gasteiger charge is 2.37. The van der Waals surface area contributed by atoms with Gasteiger partial charge in [-0.2, -0.15) is 0 Å². The van der Waals surface area contributed by atoms with E-state index in [-0.39, 0.29) is 5.41 Å². The lowest BCUT2D eigenvalue weighted by molar-refractivity contribution is 0.660. The minimum atomic E-state index is -2.49. The number of hydrogen-bond acceptors (Lipinski definition) is 1. The molecule has 0 fully saturated rings.